The summed E-state index contributed by atoms with van der Waals surface area (Å²) in [6.07, 6.45) is 11.1. The number of rotatable bonds is 19. The lowest BCUT2D eigenvalue weighted by Crippen LogP contribution is -2.36. The molecule has 2 N–H and O–H groups in total. The quantitative estimate of drug-likeness (QED) is 0.0934. The summed E-state index contributed by atoms with van der Waals surface area (Å²) in [5.74, 6) is 1.05. The van der Waals surface area contributed by atoms with Crippen molar-refractivity contribution in [2.75, 3.05) is 47.1 Å². The van der Waals surface area contributed by atoms with E-state index in [0.29, 0.717) is 50.4 Å². The van der Waals surface area contributed by atoms with Gasteiger partial charge in [-0.3, -0.25) is 4.79 Å². The van der Waals surface area contributed by atoms with Crippen LogP contribution < -0.4 is 5.32 Å². The van der Waals surface area contributed by atoms with Crippen LogP contribution in [0, 0.1) is 17.8 Å². The van der Waals surface area contributed by atoms with Crippen molar-refractivity contribution in [3.63, 3.8) is 0 Å². The Hall–Kier alpha value is -1.82. The molecule has 274 valence electrons. The number of methoxy groups -OCH3 is 1. The number of amides is 1. The Bertz CT molecular complexity index is 1040. The first-order chi connectivity index (χ1) is 21.9. The van der Waals surface area contributed by atoms with Crippen molar-refractivity contribution >= 4 is 11.9 Å². The summed E-state index contributed by atoms with van der Waals surface area (Å²) in [6.45, 7) is 14.8. The zero-order valence-electron chi connectivity index (χ0n) is 29.7. The number of nitrogens with zero attached hydrogens (tertiary/aromatic N) is 1. The van der Waals surface area contributed by atoms with Gasteiger partial charge in [0.2, 0.25) is 0 Å². The molecule has 3 saturated heterocycles. The van der Waals surface area contributed by atoms with Gasteiger partial charge in [0.15, 0.2) is 0 Å². The number of allylic oxidation sites excluding steroid dienone is 3. The third-order valence-corrected chi connectivity index (χ3v) is 10.0. The van der Waals surface area contributed by atoms with Crippen LogP contribution in [0.25, 0.3) is 0 Å². The fourth-order valence-electron chi connectivity index (χ4n) is 7.26. The summed E-state index contributed by atoms with van der Waals surface area (Å²) < 4.78 is 28.9. The van der Waals surface area contributed by atoms with E-state index in [1.54, 1.807) is 18.9 Å². The van der Waals surface area contributed by atoms with E-state index in [0.717, 1.165) is 32.1 Å². The monoisotopic (exact) mass is 661 g/mol. The predicted octanol–water partition coefficient (Wildman–Crippen LogP) is 6.30. The average Bonchev–Trinajstić information content (AvgIpc) is 3.43. The molecule has 0 aromatic heterocycles. The normalized spacial score (nSPS) is 31.1. The number of carbonyl (C=O) groups is 2. The van der Waals surface area contributed by atoms with Gasteiger partial charge in [-0.15, -0.1) is 0 Å². The standard InChI is InChI=1S/C36H62N2O8.5H2/c1-24(22-36(6)34(46-36)27(4)33(42-8)28(5)39)10-9-11-25(2)32-26(3)12-14-31(45-32)15-13-30(40)17-19-43-20-21-44-35(41)38-18-16-29(23-38)37-7;;;;;/h9-11,24,26-29,31-34,37,39H,12-23H2,1-8H3;5*1H/b10-9+,25-11+;;;;;/t24-,26+,27-,28-,29?,31-,32-,33-,34-,36-;;;;;/m1...../s1. The fourth-order valence-corrected chi connectivity index (χ4v) is 7.26. The summed E-state index contributed by atoms with van der Waals surface area (Å²) in [4.78, 5) is 26.3. The number of ether oxygens (including phenoxy) is 5. The number of hydrogen-bond acceptors (Lipinski definition) is 9. The van der Waals surface area contributed by atoms with Gasteiger partial charge >= 0.3 is 6.09 Å². The van der Waals surface area contributed by atoms with Crippen molar-refractivity contribution in [3.05, 3.63) is 23.8 Å². The molecule has 1 unspecified atom stereocenters. The van der Waals surface area contributed by atoms with E-state index in [2.05, 4.69) is 58.2 Å². The Morgan fingerprint density at radius 3 is 2.59 bits per heavy atom. The molecule has 46 heavy (non-hydrogen) atoms. The molecule has 0 bridgehead atoms. The van der Waals surface area contributed by atoms with Crippen molar-refractivity contribution in [3.8, 4) is 0 Å². The third kappa shape index (κ3) is 11.7. The van der Waals surface area contributed by atoms with Crippen LogP contribution >= 0.6 is 0 Å². The Kier molecular flexibility index (Phi) is 15.7. The van der Waals surface area contributed by atoms with Crippen LogP contribution in [0.1, 0.15) is 93.6 Å². The SMILES string of the molecule is CNC1CCN(C(=O)OCCOCCC(=O)CC[C@H]2CC[C@H](C)[C@@H](/C(C)=C/C=C/[C@@H](C)C[C@@]3(C)O[C@@H]3[C@H](C)[C@@H](OC)[C@@H](C)O)O2)C1.[HH].[HH].[HH].[HH].[HH]. The maximum atomic E-state index is 12.5. The van der Waals surface area contributed by atoms with Crippen molar-refractivity contribution in [1.82, 2.24) is 10.2 Å². The number of likely N-dealkylation sites (tertiary alicyclic amines) is 1. The van der Waals surface area contributed by atoms with Gasteiger partial charge < -0.3 is 39.0 Å². The molecule has 0 saturated carbocycles. The van der Waals surface area contributed by atoms with Gasteiger partial charge in [0.25, 0.3) is 0 Å². The topological polar surface area (TPSA) is 119 Å². The maximum Gasteiger partial charge on any atom is 0.409 e. The van der Waals surface area contributed by atoms with Crippen molar-refractivity contribution < 1.29 is 45.5 Å². The van der Waals surface area contributed by atoms with Crippen LogP contribution in [-0.4, -0.2) is 111 Å². The van der Waals surface area contributed by atoms with E-state index in [1.165, 1.54) is 5.57 Å². The second-order valence-corrected chi connectivity index (χ2v) is 14.1. The van der Waals surface area contributed by atoms with Crippen LogP contribution in [0.5, 0.6) is 0 Å². The number of likely N-dealkylation sites (N-methyl/N-ethyl adjacent to an activating group) is 1. The van der Waals surface area contributed by atoms with E-state index in [-0.39, 0.29) is 68.2 Å². The molecule has 0 aromatic rings. The van der Waals surface area contributed by atoms with Crippen molar-refractivity contribution in [2.45, 2.75) is 129 Å². The molecule has 0 aromatic carbocycles. The van der Waals surface area contributed by atoms with Crippen LogP contribution in [0.15, 0.2) is 23.8 Å². The first-order valence-electron chi connectivity index (χ1n) is 17.5. The summed E-state index contributed by atoms with van der Waals surface area (Å²) >= 11 is 0. The minimum absolute atomic E-state index is 0. The molecule has 3 aliphatic rings. The molecule has 10 nitrogen and oxygen atoms in total. The summed E-state index contributed by atoms with van der Waals surface area (Å²) in [6, 6.07) is 0.328. The first kappa shape index (κ1) is 38.6. The lowest BCUT2D eigenvalue weighted by atomic mass is 9.85. The highest BCUT2D eigenvalue weighted by atomic mass is 16.6. The van der Waals surface area contributed by atoms with E-state index in [4.69, 9.17) is 23.7 Å². The van der Waals surface area contributed by atoms with Gasteiger partial charge in [0.1, 0.15) is 12.4 Å². The number of nitrogens with one attached hydrogen (secondary N) is 1. The average molecular weight is 661 g/mol. The summed E-state index contributed by atoms with van der Waals surface area (Å²) in [7, 11) is 3.54. The largest absolute Gasteiger partial charge is 0.447 e. The molecule has 10 atom stereocenters. The minimum Gasteiger partial charge on any atom is -0.447 e. The lowest BCUT2D eigenvalue weighted by Gasteiger charge is -2.35. The Balaban J connectivity index is -0.00000461. The Morgan fingerprint density at radius 2 is 1.91 bits per heavy atom. The second kappa shape index (κ2) is 18.7. The molecule has 3 aliphatic heterocycles. The highest BCUT2D eigenvalue weighted by molar-refractivity contribution is 5.78. The molecule has 0 spiro atoms. The van der Waals surface area contributed by atoms with Gasteiger partial charge in [-0.1, -0.05) is 39.0 Å². The van der Waals surface area contributed by atoms with E-state index in [1.807, 2.05) is 7.05 Å². The second-order valence-electron chi connectivity index (χ2n) is 14.1. The van der Waals surface area contributed by atoms with Crippen molar-refractivity contribution in [2.24, 2.45) is 17.8 Å². The smallest absolute Gasteiger partial charge is 0.409 e. The lowest BCUT2D eigenvalue weighted by molar-refractivity contribution is -0.122. The fraction of sp³-hybridized carbons (Fsp3) is 0.833. The number of aliphatic hydroxyl groups is 1. The Morgan fingerprint density at radius 1 is 1.15 bits per heavy atom. The highest BCUT2D eigenvalue weighted by Gasteiger charge is 2.56. The van der Waals surface area contributed by atoms with Gasteiger partial charge in [0, 0.05) is 52.1 Å². The van der Waals surface area contributed by atoms with E-state index in [9.17, 15) is 14.7 Å². The van der Waals surface area contributed by atoms with Crippen LogP contribution in [0.4, 0.5) is 4.79 Å². The van der Waals surface area contributed by atoms with Crippen LogP contribution in [0.3, 0.4) is 0 Å². The first-order valence-corrected chi connectivity index (χ1v) is 17.5. The molecule has 0 radical (unpaired) electrons. The predicted molar refractivity (Wildman–Crippen MR) is 189 cm³/mol. The molecular formula is C36H72N2O8. The molecule has 3 rings (SSSR count). The van der Waals surface area contributed by atoms with Gasteiger partial charge in [-0.25, -0.2) is 4.79 Å². The Labute approximate surface area is 285 Å². The van der Waals surface area contributed by atoms with Crippen LogP contribution in [-0.2, 0) is 28.5 Å². The molecular weight excluding hydrogens is 588 g/mol. The van der Waals surface area contributed by atoms with Crippen molar-refractivity contribution in [1.29, 1.82) is 0 Å². The number of carbonyl (C=O) groups excluding carboxylic acids is 2. The number of Topliss-reactive ketones (excluding diaryl/α,β-unsaturated/α-hetero) is 1. The number of aliphatic hydroxyl groups excluding tert-OH is 1. The number of hydrogen-bond donors (Lipinski definition) is 2. The van der Waals surface area contributed by atoms with E-state index < -0.39 is 6.10 Å². The summed E-state index contributed by atoms with van der Waals surface area (Å²) in [5.41, 5.74) is 0.998. The zero-order chi connectivity index (χ0) is 33.9. The minimum atomic E-state index is -0.536. The van der Waals surface area contributed by atoms with Gasteiger partial charge in [-0.05, 0) is 77.3 Å². The molecule has 1 amide bonds. The number of ketones is 1. The maximum absolute atomic E-state index is 12.5. The zero-order valence-corrected chi connectivity index (χ0v) is 29.7. The number of epoxide rings is 1. The molecule has 10 heteroatoms. The van der Waals surface area contributed by atoms with Gasteiger partial charge in [-0.2, -0.15) is 0 Å². The highest BCUT2D eigenvalue weighted by Crippen LogP contribution is 2.47. The molecule has 3 heterocycles. The molecule has 0 aliphatic carbocycles. The third-order valence-electron chi connectivity index (χ3n) is 10.0. The summed E-state index contributed by atoms with van der Waals surface area (Å²) in [5, 5.41) is 13.2. The van der Waals surface area contributed by atoms with Crippen LogP contribution in [0.2, 0.25) is 0 Å². The molecule has 3 fully saturated rings. The van der Waals surface area contributed by atoms with E-state index >= 15 is 0 Å². The van der Waals surface area contributed by atoms with Gasteiger partial charge in [0.05, 0.1) is 49.3 Å².